The van der Waals surface area contributed by atoms with E-state index in [0.29, 0.717) is 17.6 Å². The second kappa shape index (κ2) is 12.7. The summed E-state index contributed by atoms with van der Waals surface area (Å²) in [5.41, 5.74) is 3.35. The van der Waals surface area contributed by atoms with Crippen LogP contribution in [-0.2, 0) is 4.79 Å². The molecular weight excluding hydrogens is 412 g/mol. The monoisotopic (exact) mass is 462 g/mol. The molecule has 0 aromatic carbocycles. The first-order chi connectivity index (χ1) is 16.0. The minimum atomic E-state index is -0.0704. The molecule has 1 heteroatoms. The normalized spacial score (nSPS) is 26.1. The van der Waals surface area contributed by atoms with Crippen LogP contribution >= 0.6 is 0 Å². The van der Waals surface area contributed by atoms with Crippen LogP contribution in [0.1, 0.15) is 92.9 Å². The van der Waals surface area contributed by atoms with Crippen LogP contribution in [0.15, 0.2) is 72.9 Å². The van der Waals surface area contributed by atoms with Crippen molar-refractivity contribution < 1.29 is 4.79 Å². The van der Waals surface area contributed by atoms with Gasteiger partial charge in [0.1, 0.15) is 5.78 Å². The number of ketones is 1. The molecule has 4 atom stereocenters. The van der Waals surface area contributed by atoms with Gasteiger partial charge in [0.15, 0.2) is 0 Å². The van der Waals surface area contributed by atoms with Gasteiger partial charge in [0.05, 0.1) is 0 Å². The molecule has 0 radical (unpaired) electrons. The Balaban J connectivity index is 2.30. The molecule has 0 amide bonds. The number of hydrogen-bond acceptors (Lipinski definition) is 1. The van der Waals surface area contributed by atoms with Crippen molar-refractivity contribution in [2.75, 3.05) is 0 Å². The fourth-order valence-electron chi connectivity index (χ4n) is 5.99. The van der Waals surface area contributed by atoms with Gasteiger partial charge in [-0.1, -0.05) is 87.4 Å². The summed E-state index contributed by atoms with van der Waals surface area (Å²) in [4.78, 5) is 13.9. The molecule has 4 unspecified atom stereocenters. The molecule has 0 aromatic heterocycles. The van der Waals surface area contributed by atoms with Gasteiger partial charge in [0.25, 0.3) is 0 Å². The fraction of sp³-hybridized carbons (Fsp3) is 0.606. The minimum absolute atomic E-state index is 0.0704. The van der Waals surface area contributed by atoms with Gasteiger partial charge >= 0.3 is 0 Å². The van der Waals surface area contributed by atoms with E-state index in [4.69, 9.17) is 0 Å². The highest BCUT2D eigenvalue weighted by molar-refractivity contribution is 5.86. The maximum atomic E-state index is 13.9. The second-order valence-electron chi connectivity index (χ2n) is 12.0. The maximum absolute atomic E-state index is 13.9. The van der Waals surface area contributed by atoms with Crippen LogP contribution < -0.4 is 0 Å². The van der Waals surface area contributed by atoms with Gasteiger partial charge in [0.2, 0.25) is 0 Å². The summed E-state index contributed by atoms with van der Waals surface area (Å²) >= 11 is 0. The van der Waals surface area contributed by atoms with E-state index in [0.717, 1.165) is 38.5 Å². The molecule has 0 heterocycles. The lowest BCUT2D eigenvalue weighted by Gasteiger charge is -2.37. The third kappa shape index (κ3) is 7.56. The number of rotatable bonds is 12. The first-order valence-electron chi connectivity index (χ1n) is 13.5. The van der Waals surface area contributed by atoms with Crippen LogP contribution in [-0.4, -0.2) is 5.78 Å². The van der Waals surface area contributed by atoms with Crippen molar-refractivity contribution in [3.63, 3.8) is 0 Å². The third-order valence-electron chi connectivity index (χ3n) is 8.34. The average Bonchev–Trinajstić information content (AvgIpc) is 2.76. The van der Waals surface area contributed by atoms with Crippen LogP contribution in [0.2, 0.25) is 0 Å². The molecular formula is C33H50O. The zero-order chi connectivity index (χ0) is 25.4. The molecule has 0 aromatic rings. The van der Waals surface area contributed by atoms with Crippen molar-refractivity contribution in [1.29, 1.82) is 0 Å². The SMILES string of the molecule is C=CCCC(C=CC1C(C)=CCCC1(C)C)C(=O)C(C=CC1C(C)=CCCC1(C)C)CCC=C. The van der Waals surface area contributed by atoms with Gasteiger partial charge < -0.3 is 0 Å². The number of carbonyl (C=O) groups is 1. The van der Waals surface area contributed by atoms with Crippen LogP contribution in [0, 0.1) is 34.5 Å². The Morgan fingerprint density at radius 2 is 1.24 bits per heavy atom. The molecule has 0 bridgehead atoms. The maximum Gasteiger partial charge on any atom is 0.146 e. The van der Waals surface area contributed by atoms with E-state index in [2.05, 4.69) is 91.2 Å². The molecule has 0 fully saturated rings. The molecule has 0 saturated heterocycles. The lowest BCUT2D eigenvalue weighted by molar-refractivity contribution is -0.124. The number of allylic oxidation sites excluding steroid dienone is 10. The first kappa shape index (κ1) is 28.3. The van der Waals surface area contributed by atoms with E-state index in [1.807, 2.05) is 12.2 Å². The van der Waals surface area contributed by atoms with Crippen molar-refractivity contribution in [2.45, 2.75) is 92.9 Å². The number of Topliss-reactive ketones (excluding diaryl/α,β-unsaturated/α-hetero) is 1. The largest absolute Gasteiger partial charge is 0.298 e. The highest BCUT2D eigenvalue weighted by atomic mass is 16.1. The van der Waals surface area contributed by atoms with E-state index in [-0.39, 0.29) is 22.7 Å². The molecule has 1 nitrogen and oxygen atoms in total. The molecule has 2 aliphatic carbocycles. The van der Waals surface area contributed by atoms with Crippen molar-refractivity contribution in [1.82, 2.24) is 0 Å². The van der Waals surface area contributed by atoms with Crippen molar-refractivity contribution >= 4 is 5.78 Å². The van der Waals surface area contributed by atoms with Crippen molar-refractivity contribution in [3.05, 3.63) is 72.9 Å². The lowest BCUT2D eigenvalue weighted by atomic mass is 9.68. The molecule has 0 N–H and O–H groups in total. The summed E-state index contributed by atoms with van der Waals surface area (Å²) < 4.78 is 0. The topological polar surface area (TPSA) is 17.1 Å². The molecule has 2 rings (SSSR count). The summed E-state index contributed by atoms with van der Waals surface area (Å²) in [5, 5.41) is 0. The van der Waals surface area contributed by atoms with Crippen molar-refractivity contribution in [3.8, 4) is 0 Å². The quantitative estimate of drug-likeness (QED) is 0.264. The lowest BCUT2D eigenvalue weighted by Crippen LogP contribution is -2.28. The van der Waals surface area contributed by atoms with E-state index in [1.165, 1.54) is 24.0 Å². The predicted molar refractivity (Wildman–Crippen MR) is 150 cm³/mol. The number of carbonyl (C=O) groups excluding carboxylic acids is 1. The van der Waals surface area contributed by atoms with Gasteiger partial charge in [-0.25, -0.2) is 0 Å². The Kier molecular flexibility index (Phi) is 10.6. The van der Waals surface area contributed by atoms with Gasteiger partial charge in [-0.05, 0) is 76.0 Å². The van der Waals surface area contributed by atoms with Crippen LogP contribution in [0.3, 0.4) is 0 Å². The zero-order valence-electron chi connectivity index (χ0n) is 22.9. The molecule has 2 aliphatic rings. The van der Waals surface area contributed by atoms with Crippen LogP contribution in [0.25, 0.3) is 0 Å². The Hall–Kier alpha value is -1.89. The second-order valence-corrected chi connectivity index (χ2v) is 12.0. The molecule has 0 spiro atoms. The molecule has 188 valence electrons. The first-order valence-corrected chi connectivity index (χ1v) is 13.5. The minimum Gasteiger partial charge on any atom is -0.298 e. The third-order valence-corrected chi connectivity index (χ3v) is 8.34. The molecule has 0 saturated carbocycles. The smallest absolute Gasteiger partial charge is 0.146 e. The van der Waals surface area contributed by atoms with Gasteiger partial charge in [0, 0.05) is 23.7 Å². The van der Waals surface area contributed by atoms with E-state index in [1.54, 1.807) is 0 Å². The summed E-state index contributed by atoms with van der Waals surface area (Å²) in [5.74, 6) is 1.01. The van der Waals surface area contributed by atoms with Gasteiger partial charge in [-0.15, -0.1) is 13.2 Å². The summed E-state index contributed by atoms with van der Waals surface area (Å²) in [6.07, 6.45) is 25.8. The highest BCUT2D eigenvalue weighted by Gasteiger charge is 2.33. The Bertz CT molecular complexity index is 761. The summed E-state index contributed by atoms with van der Waals surface area (Å²) in [6, 6.07) is 0. The van der Waals surface area contributed by atoms with Gasteiger partial charge in [-0.3, -0.25) is 4.79 Å². The summed E-state index contributed by atoms with van der Waals surface area (Å²) in [7, 11) is 0. The van der Waals surface area contributed by atoms with Crippen LogP contribution in [0.4, 0.5) is 0 Å². The summed E-state index contributed by atoms with van der Waals surface area (Å²) in [6.45, 7) is 21.7. The fourth-order valence-corrected chi connectivity index (χ4v) is 5.99. The Morgan fingerprint density at radius 3 is 1.56 bits per heavy atom. The Morgan fingerprint density at radius 1 is 0.853 bits per heavy atom. The van der Waals surface area contributed by atoms with E-state index in [9.17, 15) is 4.79 Å². The predicted octanol–water partition coefficient (Wildman–Crippen LogP) is 9.60. The number of hydrogen-bond donors (Lipinski definition) is 0. The van der Waals surface area contributed by atoms with E-state index >= 15 is 0 Å². The zero-order valence-corrected chi connectivity index (χ0v) is 22.9. The van der Waals surface area contributed by atoms with Crippen LogP contribution in [0.5, 0.6) is 0 Å². The van der Waals surface area contributed by atoms with E-state index < -0.39 is 0 Å². The van der Waals surface area contributed by atoms with Gasteiger partial charge in [-0.2, -0.15) is 0 Å². The highest BCUT2D eigenvalue weighted by Crippen LogP contribution is 2.43. The average molecular weight is 463 g/mol. The standard InChI is InChI=1S/C33H50O/c1-9-11-17-27(19-21-29-25(3)15-13-23-32(29,5)6)31(34)28(18-12-10-2)20-22-30-26(4)16-14-24-33(30,7)8/h9-10,15-16,19-22,27-30H,1-2,11-14,17-18,23-24H2,3-8H3. The molecule has 34 heavy (non-hydrogen) atoms. The van der Waals surface area contributed by atoms with Crippen molar-refractivity contribution in [2.24, 2.45) is 34.5 Å². The molecule has 0 aliphatic heterocycles. The Labute approximate surface area is 210 Å².